The van der Waals surface area contributed by atoms with Gasteiger partial charge in [-0.05, 0) is 49.7 Å². The summed E-state index contributed by atoms with van der Waals surface area (Å²) in [4.78, 5) is 38.4. The molecule has 0 heterocycles. The fraction of sp³-hybridized carbons (Fsp3) is 0.231. The van der Waals surface area contributed by atoms with E-state index in [0.29, 0.717) is 17.1 Å². The number of carbonyl (C=O) groups is 2. The van der Waals surface area contributed by atoms with Crippen LogP contribution < -0.4 is 9.62 Å². The van der Waals surface area contributed by atoms with E-state index < -0.39 is 39.3 Å². The second-order valence-corrected chi connectivity index (χ2v) is 11.1. The Morgan fingerprint density at radius 3 is 2.31 bits per heavy atom. The van der Waals surface area contributed by atoms with Gasteiger partial charge in [-0.25, -0.2) is 8.42 Å². The van der Waals surface area contributed by atoms with Crippen molar-refractivity contribution in [1.82, 2.24) is 10.2 Å². The van der Waals surface area contributed by atoms with Gasteiger partial charge in [0.05, 0.1) is 25.6 Å². The van der Waals surface area contributed by atoms with Gasteiger partial charge < -0.3 is 10.2 Å². The van der Waals surface area contributed by atoms with Crippen molar-refractivity contribution >= 4 is 56.4 Å². The Balaban J connectivity index is 2.07. The van der Waals surface area contributed by atoms with E-state index in [4.69, 9.17) is 23.2 Å². The first-order chi connectivity index (χ1) is 18.4. The van der Waals surface area contributed by atoms with Gasteiger partial charge in [0.25, 0.3) is 15.7 Å². The number of nitro groups is 1. The Kier molecular flexibility index (Phi) is 9.90. The Labute approximate surface area is 236 Å². The van der Waals surface area contributed by atoms with Gasteiger partial charge in [0.1, 0.15) is 12.6 Å². The van der Waals surface area contributed by atoms with E-state index >= 15 is 0 Å². The number of hydrogen-bond donors (Lipinski definition) is 1. The van der Waals surface area contributed by atoms with Crippen LogP contribution in [0.25, 0.3) is 0 Å². The van der Waals surface area contributed by atoms with Crippen LogP contribution in [0.2, 0.25) is 10.0 Å². The minimum Gasteiger partial charge on any atom is -0.355 e. The molecule has 3 aromatic carbocycles. The van der Waals surface area contributed by atoms with E-state index in [-0.39, 0.29) is 27.8 Å². The summed E-state index contributed by atoms with van der Waals surface area (Å²) < 4.78 is 28.2. The molecule has 0 aromatic heterocycles. The van der Waals surface area contributed by atoms with Gasteiger partial charge in [-0.15, -0.1) is 0 Å². The summed E-state index contributed by atoms with van der Waals surface area (Å²) in [5.41, 5.74) is 0.125. The molecule has 0 fully saturated rings. The molecule has 206 valence electrons. The van der Waals surface area contributed by atoms with Crippen LogP contribution in [-0.4, -0.2) is 49.2 Å². The molecule has 0 bridgehead atoms. The molecule has 10 nitrogen and oxygen atoms in total. The van der Waals surface area contributed by atoms with Crippen molar-refractivity contribution in [3.05, 3.63) is 98.5 Å². The maximum absolute atomic E-state index is 13.8. The lowest BCUT2D eigenvalue weighted by molar-refractivity contribution is -0.384. The molecule has 13 heteroatoms. The highest BCUT2D eigenvalue weighted by Crippen LogP contribution is 2.28. The summed E-state index contributed by atoms with van der Waals surface area (Å²) >= 11 is 12.2. The molecule has 0 aliphatic heterocycles. The number of nitrogens with one attached hydrogen (secondary N) is 1. The first kappa shape index (κ1) is 29.9. The molecule has 2 amide bonds. The van der Waals surface area contributed by atoms with E-state index in [9.17, 15) is 28.1 Å². The summed E-state index contributed by atoms with van der Waals surface area (Å²) in [6.07, 6.45) is 0. The molecule has 0 aliphatic rings. The molecular weight excluding hydrogens is 567 g/mol. The maximum atomic E-state index is 13.8. The number of non-ortho nitro benzene ring substituents is 1. The maximum Gasteiger partial charge on any atom is 0.271 e. The van der Waals surface area contributed by atoms with Gasteiger partial charge in [-0.2, -0.15) is 0 Å². The Morgan fingerprint density at radius 2 is 1.69 bits per heavy atom. The standard InChI is InChI=1S/C26H26Cl2N4O6S/c1-3-29-26(34)18(2)30(16-19-12-13-23(27)24(28)14-19)25(33)17-31(20-8-7-9-21(15-20)32(35)36)39(37,38)22-10-5-4-6-11-22/h4-15,18H,3,16-17H2,1-2H3,(H,29,34). The average Bonchev–Trinajstić information content (AvgIpc) is 2.92. The third kappa shape index (κ3) is 7.25. The molecule has 0 radical (unpaired) electrons. The second kappa shape index (κ2) is 12.9. The molecule has 0 aliphatic carbocycles. The minimum absolute atomic E-state index is 0.0812. The highest BCUT2D eigenvalue weighted by Gasteiger charge is 2.33. The van der Waals surface area contributed by atoms with Gasteiger partial charge in [-0.1, -0.05) is 53.5 Å². The zero-order valence-electron chi connectivity index (χ0n) is 21.1. The summed E-state index contributed by atoms with van der Waals surface area (Å²) in [5, 5.41) is 14.6. The van der Waals surface area contributed by atoms with Crippen molar-refractivity contribution in [2.45, 2.75) is 31.3 Å². The normalized spacial score (nSPS) is 11.9. The van der Waals surface area contributed by atoms with Gasteiger partial charge in [-0.3, -0.25) is 24.0 Å². The number of benzene rings is 3. The minimum atomic E-state index is -4.34. The molecule has 3 aromatic rings. The number of hydrogen-bond acceptors (Lipinski definition) is 6. The Bertz CT molecular complexity index is 1470. The van der Waals surface area contributed by atoms with Crippen molar-refractivity contribution in [3.63, 3.8) is 0 Å². The molecule has 39 heavy (non-hydrogen) atoms. The third-order valence-electron chi connectivity index (χ3n) is 5.79. The van der Waals surface area contributed by atoms with Crippen LogP contribution in [0.5, 0.6) is 0 Å². The zero-order chi connectivity index (χ0) is 28.7. The van der Waals surface area contributed by atoms with Crippen LogP contribution in [0.4, 0.5) is 11.4 Å². The highest BCUT2D eigenvalue weighted by atomic mass is 35.5. The van der Waals surface area contributed by atoms with Crippen molar-refractivity contribution in [1.29, 1.82) is 0 Å². The van der Waals surface area contributed by atoms with Crippen LogP contribution in [0.15, 0.2) is 77.7 Å². The summed E-state index contributed by atoms with van der Waals surface area (Å²) in [6, 6.07) is 16.1. The molecule has 1 unspecified atom stereocenters. The molecule has 0 saturated heterocycles. The number of rotatable bonds is 11. The lowest BCUT2D eigenvalue weighted by Gasteiger charge is -2.32. The van der Waals surface area contributed by atoms with Crippen molar-refractivity contribution in [2.24, 2.45) is 0 Å². The summed E-state index contributed by atoms with van der Waals surface area (Å²) in [6.45, 7) is 2.75. The first-order valence-electron chi connectivity index (χ1n) is 11.8. The smallest absolute Gasteiger partial charge is 0.271 e. The summed E-state index contributed by atoms with van der Waals surface area (Å²) in [5.74, 6) is -1.16. The van der Waals surface area contributed by atoms with Crippen molar-refractivity contribution < 1.29 is 22.9 Å². The number of nitrogens with zero attached hydrogens (tertiary/aromatic N) is 3. The predicted octanol–water partition coefficient (Wildman–Crippen LogP) is 4.65. The molecular formula is C26H26Cl2N4O6S. The monoisotopic (exact) mass is 592 g/mol. The number of nitro benzene ring substituents is 1. The largest absolute Gasteiger partial charge is 0.355 e. The lowest BCUT2D eigenvalue weighted by Crippen LogP contribution is -2.51. The number of sulfonamides is 1. The number of carbonyl (C=O) groups excluding carboxylic acids is 2. The van der Waals surface area contributed by atoms with Crippen molar-refractivity contribution in [3.8, 4) is 0 Å². The van der Waals surface area contributed by atoms with E-state index in [1.165, 1.54) is 54.3 Å². The molecule has 3 rings (SSSR count). The first-order valence-corrected chi connectivity index (χ1v) is 14.0. The fourth-order valence-electron chi connectivity index (χ4n) is 3.75. The number of halogens is 2. The highest BCUT2D eigenvalue weighted by molar-refractivity contribution is 7.92. The van der Waals surface area contributed by atoms with E-state index in [2.05, 4.69) is 5.32 Å². The topological polar surface area (TPSA) is 130 Å². The van der Waals surface area contributed by atoms with Crippen LogP contribution in [0.3, 0.4) is 0 Å². The van der Waals surface area contributed by atoms with Gasteiger partial charge in [0.15, 0.2) is 0 Å². The molecule has 1 atom stereocenters. The molecule has 0 saturated carbocycles. The number of likely N-dealkylation sites (N-methyl/N-ethyl adjacent to an activating group) is 1. The second-order valence-electron chi connectivity index (χ2n) is 8.44. The van der Waals surface area contributed by atoms with E-state index in [1.54, 1.807) is 31.2 Å². The molecule has 0 spiro atoms. The van der Waals surface area contributed by atoms with Crippen molar-refractivity contribution in [2.75, 3.05) is 17.4 Å². The Hall–Kier alpha value is -3.67. The van der Waals surface area contributed by atoms with Gasteiger partial charge >= 0.3 is 0 Å². The van der Waals surface area contributed by atoms with E-state index in [0.717, 1.165) is 10.4 Å². The average molecular weight is 593 g/mol. The SMILES string of the molecule is CCNC(=O)C(C)N(Cc1ccc(Cl)c(Cl)c1)C(=O)CN(c1cccc([N+](=O)[O-])c1)S(=O)(=O)c1ccccc1. The van der Waals surface area contributed by atoms with Gasteiger partial charge in [0.2, 0.25) is 11.8 Å². The molecule has 1 N–H and O–H groups in total. The quantitative estimate of drug-likeness (QED) is 0.255. The van der Waals surface area contributed by atoms with Crippen LogP contribution in [-0.2, 0) is 26.2 Å². The summed E-state index contributed by atoms with van der Waals surface area (Å²) in [7, 11) is -4.34. The number of amides is 2. The Morgan fingerprint density at radius 1 is 1.00 bits per heavy atom. The van der Waals surface area contributed by atoms with Crippen LogP contribution in [0, 0.1) is 10.1 Å². The van der Waals surface area contributed by atoms with Crippen LogP contribution in [0.1, 0.15) is 19.4 Å². The van der Waals surface area contributed by atoms with E-state index in [1.807, 2.05) is 0 Å². The number of anilines is 1. The predicted molar refractivity (Wildman–Crippen MR) is 149 cm³/mol. The van der Waals surface area contributed by atoms with Gasteiger partial charge in [0, 0.05) is 25.2 Å². The third-order valence-corrected chi connectivity index (χ3v) is 8.32. The lowest BCUT2D eigenvalue weighted by atomic mass is 10.1. The fourth-order valence-corrected chi connectivity index (χ4v) is 5.50. The zero-order valence-corrected chi connectivity index (χ0v) is 23.4. The van der Waals surface area contributed by atoms with Crippen LogP contribution >= 0.6 is 23.2 Å².